The number of nitrogen functional groups attached to an aromatic ring is 1. The van der Waals surface area contributed by atoms with Gasteiger partial charge < -0.3 is 5.73 Å². The lowest BCUT2D eigenvalue weighted by Gasteiger charge is -2.27. The molecule has 90 valence electrons. The van der Waals surface area contributed by atoms with Crippen molar-refractivity contribution >= 4 is 5.69 Å². The van der Waals surface area contributed by atoms with Gasteiger partial charge in [-0.2, -0.15) is 0 Å². The molecule has 0 unspecified atom stereocenters. The summed E-state index contributed by atoms with van der Waals surface area (Å²) in [5, 5.41) is 0. The van der Waals surface area contributed by atoms with Crippen molar-refractivity contribution in [3.8, 4) is 0 Å². The predicted octanol–water partition coefficient (Wildman–Crippen LogP) is 4.15. The quantitative estimate of drug-likeness (QED) is 0.705. The molecule has 0 bridgehead atoms. The molecule has 0 fully saturated rings. The molecule has 0 spiro atoms. The second kappa shape index (κ2) is 4.12. The Morgan fingerprint density at radius 1 is 1.00 bits per heavy atom. The van der Waals surface area contributed by atoms with Crippen LogP contribution >= 0.6 is 0 Å². The molecule has 0 radical (unpaired) electrons. The van der Waals surface area contributed by atoms with Crippen molar-refractivity contribution in [2.45, 2.75) is 53.4 Å². The van der Waals surface area contributed by atoms with E-state index in [0.29, 0.717) is 5.41 Å². The zero-order valence-corrected chi connectivity index (χ0v) is 11.5. The molecule has 1 nitrogen and oxygen atoms in total. The molecule has 0 aliphatic rings. The van der Waals surface area contributed by atoms with Gasteiger partial charge in [0.1, 0.15) is 0 Å². The first-order chi connectivity index (χ1) is 7.09. The lowest BCUT2D eigenvalue weighted by atomic mass is 9.78. The summed E-state index contributed by atoms with van der Waals surface area (Å²) in [7, 11) is 0. The van der Waals surface area contributed by atoms with Gasteiger partial charge in [-0.25, -0.2) is 0 Å². The topological polar surface area (TPSA) is 26.0 Å². The average molecular weight is 219 g/mol. The number of anilines is 1. The van der Waals surface area contributed by atoms with Crippen molar-refractivity contribution < 1.29 is 0 Å². The highest BCUT2D eigenvalue weighted by atomic mass is 14.5. The lowest BCUT2D eigenvalue weighted by Crippen LogP contribution is -2.18. The Kier molecular flexibility index (Phi) is 3.37. The van der Waals surface area contributed by atoms with E-state index < -0.39 is 0 Å². The van der Waals surface area contributed by atoms with Crippen molar-refractivity contribution in [2.75, 3.05) is 5.73 Å². The smallest absolute Gasteiger partial charge is 0.0316 e. The van der Waals surface area contributed by atoms with Gasteiger partial charge in [0.05, 0.1) is 0 Å². The summed E-state index contributed by atoms with van der Waals surface area (Å²) in [5.41, 5.74) is 10.0. The Hall–Kier alpha value is -0.980. The van der Waals surface area contributed by atoms with Gasteiger partial charge in [0.15, 0.2) is 0 Å². The van der Waals surface area contributed by atoms with Crippen LogP contribution in [0.15, 0.2) is 18.2 Å². The monoisotopic (exact) mass is 219 g/mol. The maximum Gasteiger partial charge on any atom is 0.0316 e. The molecular weight excluding hydrogens is 194 g/mol. The number of hydrogen-bond donors (Lipinski definition) is 1. The third-order valence-electron chi connectivity index (χ3n) is 2.66. The molecule has 0 aliphatic carbocycles. The highest BCUT2D eigenvalue weighted by molar-refractivity contribution is 5.47. The lowest BCUT2D eigenvalue weighted by molar-refractivity contribution is 0.406. The standard InChI is InChI=1S/C15H25N/c1-14(2,3)10-11-9-12(16)7-8-13(11)15(4,5)6/h7-9H,10,16H2,1-6H3. The van der Waals surface area contributed by atoms with E-state index in [2.05, 4.69) is 53.7 Å². The zero-order valence-electron chi connectivity index (χ0n) is 11.5. The van der Waals surface area contributed by atoms with Gasteiger partial charge >= 0.3 is 0 Å². The van der Waals surface area contributed by atoms with E-state index in [1.807, 2.05) is 6.07 Å². The van der Waals surface area contributed by atoms with Crippen LogP contribution in [0.2, 0.25) is 0 Å². The molecular formula is C15H25N. The van der Waals surface area contributed by atoms with Gasteiger partial charge in [0.25, 0.3) is 0 Å². The predicted molar refractivity (Wildman–Crippen MR) is 72.7 cm³/mol. The fourth-order valence-electron chi connectivity index (χ4n) is 2.06. The Morgan fingerprint density at radius 3 is 2.00 bits per heavy atom. The third-order valence-corrected chi connectivity index (χ3v) is 2.66. The number of nitrogens with two attached hydrogens (primary N) is 1. The summed E-state index contributed by atoms with van der Waals surface area (Å²) in [5.74, 6) is 0. The second-order valence-corrected chi connectivity index (χ2v) is 6.90. The van der Waals surface area contributed by atoms with Gasteiger partial charge in [-0.05, 0) is 40.5 Å². The molecule has 1 heteroatoms. The normalized spacial score (nSPS) is 12.9. The summed E-state index contributed by atoms with van der Waals surface area (Å²) in [6, 6.07) is 6.31. The summed E-state index contributed by atoms with van der Waals surface area (Å²) in [6.45, 7) is 13.6. The van der Waals surface area contributed by atoms with E-state index >= 15 is 0 Å². The molecule has 16 heavy (non-hydrogen) atoms. The molecule has 0 heterocycles. The molecule has 0 atom stereocenters. The van der Waals surface area contributed by atoms with E-state index in [0.717, 1.165) is 12.1 Å². The Balaban J connectivity index is 3.19. The minimum absolute atomic E-state index is 0.189. The number of rotatable bonds is 1. The van der Waals surface area contributed by atoms with Crippen molar-refractivity contribution in [3.05, 3.63) is 29.3 Å². The van der Waals surface area contributed by atoms with Gasteiger partial charge in [-0.3, -0.25) is 0 Å². The minimum atomic E-state index is 0.189. The van der Waals surface area contributed by atoms with E-state index in [-0.39, 0.29) is 5.41 Å². The third kappa shape index (κ3) is 3.55. The summed E-state index contributed by atoms with van der Waals surface area (Å²) >= 11 is 0. The highest BCUT2D eigenvalue weighted by Crippen LogP contribution is 2.31. The van der Waals surface area contributed by atoms with E-state index in [1.165, 1.54) is 11.1 Å². The van der Waals surface area contributed by atoms with Crippen LogP contribution in [0.25, 0.3) is 0 Å². The SMILES string of the molecule is CC(C)(C)Cc1cc(N)ccc1C(C)(C)C. The van der Waals surface area contributed by atoms with Crippen LogP contribution in [0.3, 0.4) is 0 Å². The van der Waals surface area contributed by atoms with Gasteiger partial charge in [-0.1, -0.05) is 47.6 Å². The molecule has 0 aromatic heterocycles. The van der Waals surface area contributed by atoms with Crippen LogP contribution in [0.4, 0.5) is 5.69 Å². The first-order valence-electron chi connectivity index (χ1n) is 5.98. The molecule has 1 aromatic rings. The van der Waals surface area contributed by atoms with E-state index in [9.17, 15) is 0 Å². The Labute approximate surface area is 100 Å². The summed E-state index contributed by atoms with van der Waals surface area (Å²) in [4.78, 5) is 0. The molecule has 0 saturated carbocycles. The fraction of sp³-hybridized carbons (Fsp3) is 0.600. The van der Waals surface area contributed by atoms with Crippen LogP contribution in [0.5, 0.6) is 0 Å². The second-order valence-electron chi connectivity index (χ2n) is 6.90. The number of benzene rings is 1. The molecule has 1 aromatic carbocycles. The molecule has 0 saturated heterocycles. The van der Waals surface area contributed by atoms with Gasteiger partial charge in [0.2, 0.25) is 0 Å². The highest BCUT2D eigenvalue weighted by Gasteiger charge is 2.21. The first-order valence-corrected chi connectivity index (χ1v) is 5.98. The summed E-state index contributed by atoms with van der Waals surface area (Å²) < 4.78 is 0. The maximum absolute atomic E-state index is 5.89. The maximum atomic E-state index is 5.89. The molecule has 1 rings (SSSR count). The Bertz CT molecular complexity index is 364. The first kappa shape index (κ1) is 13.1. The van der Waals surface area contributed by atoms with Crippen LogP contribution in [-0.4, -0.2) is 0 Å². The van der Waals surface area contributed by atoms with Crippen LogP contribution in [0, 0.1) is 5.41 Å². The van der Waals surface area contributed by atoms with Crippen LogP contribution in [-0.2, 0) is 11.8 Å². The van der Waals surface area contributed by atoms with Crippen molar-refractivity contribution in [1.29, 1.82) is 0 Å². The Morgan fingerprint density at radius 2 is 1.56 bits per heavy atom. The zero-order chi connectivity index (χ0) is 12.6. The molecule has 2 N–H and O–H groups in total. The van der Waals surface area contributed by atoms with E-state index in [1.54, 1.807) is 0 Å². The largest absolute Gasteiger partial charge is 0.399 e. The van der Waals surface area contributed by atoms with Crippen LogP contribution in [0.1, 0.15) is 52.7 Å². The molecule has 0 amide bonds. The van der Waals surface area contributed by atoms with Gasteiger partial charge in [-0.15, -0.1) is 0 Å². The molecule has 0 aliphatic heterocycles. The van der Waals surface area contributed by atoms with Crippen molar-refractivity contribution in [2.24, 2.45) is 5.41 Å². The van der Waals surface area contributed by atoms with Gasteiger partial charge in [0, 0.05) is 5.69 Å². The fourth-order valence-corrected chi connectivity index (χ4v) is 2.06. The van der Waals surface area contributed by atoms with Crippen LogP contribution < -0.4 is 5.73 Å². The average Bonchev–Trinajstić information content (AvgIpc) is 1.97. The van der Waals surface area contributed by atoms with Crippen molar-refractivity contribution in [1.82, 2.24) is 0 Å². The van der Waals surface area contributed by atoms with E-state index in [4.69, 9.17) is 5.73 Å². The van der Waals surface area contributed by atoms with Crippen molar-refractivity contribution in [3.63, 3.8) is 0 Å². The number of hydrogen-bond acceptors (Lipinski definition) is 1. The summed E-state index contributed by atoms with van der Waals surface area (Å²) in [6.07, 6.45) is 1.07. The minimum Gasteiger partial charge on any atom is -0.399 e.